The van der Waals surface area contributed by atoms with Crippen molar-refractivity contribution in [3.63, 3.8) is 0 Å². The van der Waals surface area contributed by atoms with E-state index in [1.165, 1.54) is 18.2 Å². The molecule has 4 rings (SSSR count). The maximum atomic E-state index is 13.2. The number of ether oxygens (including phenoxy) is 1. The topological polar surface area (TPSA) is 111 Å². The summed E-state index contributed by atoms with van der Waals surface area (Å²) >= 11 is 6.08. The summed E-state index contributed by atoms with van der Waals surface area (Å²) in [5.41, 5.74) is 2.86. The van der Waals surface area contributed by atoms with Crippen molar-refractivity contribution >= 4 is 40.4 Å². The third-order valence-electron chi connectivity index (χ3n) is 5.80. The van der Waals surface area contributed by atoms with Gasteiger partial charge in [-0.1, -0.05) is 29.8 Å². The molecular formula is C27H24ClN3O5. The second-order valence-corrected chi connectivity index (χ2v) is 9.49. The molecule has 0 fully saturated rings. The molecule has 0 saturated carbocycles. The Hall–Kier alpha value is -4.17. The van der Waals surface area contributed by atoms with Crippen LogP contribution in [0, 0.1) is 10.1 Å². The number of carbonyl (C=O) groups excluding carboxylic acids is 2. The number of amides is 1. The fraction of sp³-hybridized carbons (Fsp3) is 0.185. The SMILES string of the molecule is COc1ccc2c(c1)C(=CC(=O)c1cccc(NC(=O)c3cc([N+](=O)[O-])ccc3Cl)c1)NC(C)(C)C2. The van der Waals surface area contributed by atoms with Crippen molar-refractivity contribution in [1.29, 1.82) is 0 Å². The zero-order valence-electron chi connectivity index (χ0n) is 19.9. The number of nitrogens with zero attached hydrogens (tertiary/aromatic N) is 1. The highest BCUT2D eigenvalue weighted by molar-refractivity contribution is 6.34. The maximum Gasteiger partial charge on any atom is 0.270 e. The number of carbonyl (C=O) groups is 2. The number of hydrogen-bond donors (Lipinski definition) is 2. The number of benzene rings is 3. The van der Waals surface area contributed by atoms with Crippen LogP contribution in [0.25, 0.3) is 5.70 Å². The number of non-ortho nitro benzene ring substituents is 1. The molecule has 0 radical (unpaired) electrons. The lowest BCUT2D eigenvalue weighted by atomic mass is 9.85. The Morgan fingerprint density at radius 3 is 2.64 bits per heavy atom. The monoisotopic (exact) mass is 505 g/mol. The van der Waals surface area contributed by atoms with Crippen LogP contribution in [0.3, 0.4) is 0 Å². The number of fused-ring (bicyclic) bond motifs is 1. The van der Waals surface area contributed by atoms with Gasteiger partial charge in [0.15, 0.2) is 5.78 Å². The van der Waals surface area contributed by atoms with Gasteiger partial charge in [0.1, 0.15) is 5.75 Å². The van der Waals surface area contributed by atoms with Crippen LogP contribution in [0.4, 0.5) is 11.4 Å². The minimum absolute atomic E-state index is 0.0381. The summed E-state index contributed by atoms with van der Waals surface area (Å²) in [7, 11) is 1.59. The van der Waals surface area contributed by atoms with Crippen molar-refractivity contribution in [2.45, 2.75) is 25.8 Å². The molecule has 8 nitrogen and oxygen atoms in total. The van der Waals surface area contributed by atoms with Crippen molar-refractivity contribution < 1.29 is 19.2 Å². The number of methoxy groups -OCH3 is 1. The molecule has 1 aliphatic heterocycles. The first kappa shape index (κ1) is 24.9. The van der Waals surface area contributed by atoms with Crippen molar-refractivity contribution in [2.75, 3.05) is 12.4 Å². The van der Waals surface area contributed by atoms with Crippen molar-refractivity contribution in [3.05, 3.63) is 104 Å². The molecule has 184 valence electrons. The molecular weight excluding hydrogens is 482 g/mol. The van der Waals surface area contributed by atoms with Crippen LogP contribution in [-0.4, -0.2) is 29.3 Å². The van der Waals surface area contributed by atoms with E-state index in [9.17, 15) is 19.7 Å². The third-order valence-corrected chi connectivity index (χ3v) is 6.13. The predicted molar refractivity (Wildman–Crippen MR) is 139 cm³/mol. The van der Waals surface area contributed by atoms with E-state index in [0.29, 0.717) is 22.7 Å². The lowest BCUT2D eigenvalue weighted by Gasteiger charge is -2.35. The molecule has 0 spiro atoms. The lowest BCUT2D eigenvalue weighted by Crippen LogP contribution is -2.43. The second kappa shape index (κ2) is 9.83. The Labute approximate surface area is 213 Å². The van der Waals surface area contributed by atoms with E-state index in [-0.39, 0.29) is 27.6 Å². The zero-order valence-corrected chi connectivity index (χ0v) is 20.7. The lowest BCUT2D eigenvalue weighted by molar-refractivity contribution is -0.384. The summed E-state index contributed by atoms with van der Waals surface area (Å²) in [4.78, 5) is 36.4. The Bertz CT molecular complexity index is 1410. The largest absolute Gasteiger partial charge is 0.497 e. The van der Waals surface area contributed by atoms with Crippen LogP contribution < -0.4 is 15.4 Å². The number of rotatable bonds is 6. The number of anilines is 1. The van der Waals surface area contributed by atoms with Gasteiger partial charge in [-0.2, -0.15) is 0 Å². The van der Waals surface area contributed by atoms with Gasteiger partial charge in [-0.25, -0.2) is 0 Å². The van der Waals surface area contributed by atoms with Gasteiger partial charge in [0.25, 0.3) is 11.6 Å². The fourth-order valence-electron chi connectivity index (χ4n) is 4.12. The van der Waals surface area contributed by atoms with E-state index >= 15 is 0 Å². The first-order chi connectivity index (χ1) is 17.1. The minimum Gasteiger partial charge on any atom is -0.497 e. The highest BCUT2D eigenvalue weighted by Gasteiger charge is 2.28. The number of allylic oxidation sites excluding steroid dienone is 1. The molecule has 0 bridgehead atoms. The van der Waals surface area contributed by atoms with Gasteiger partial charge < -0.3 is 15.4 Å². The van der Waals surface area contributed by atoms with Crippen molar-refractivity contribution in [2.24, 2.45) is 0 Å². The molecule has 1 aliphatic rings. The van der Waals surface area contributed by atoms with E-state index < -0.39 is 10.8 Å². The van der Waals surface area contributed by atoms with Gasteiger partial charge in [-0.3, -0.25) is 19.7 Å². The summed E-state index contributed by atoms with van der Waals surface area (Å²) < 4.78 is 5.36. The molecule has 36 heavy (non-hydrogen) atoms. The molecule has 0 unspecified atom stereocenters. The first-order valence-electron chi connectivity index (χ1n) is 11.1. The third kappa shape index (κ3) is 5.39. The Morgan fingerprint density at radius 2 is 1.92 bits per heavy atom. The van der Waals surface area contributed by atoms with Gasteiger partial charge in [-0.05, 0) is 56.2 Å². The predicted octanol–water partition coefficient (Wildman–Crippen LogP) is 5.66. The molecule has 1 amide bonds. The van der Waals surface area contributed by atoms with E-state index in [0.717, 1.165) is 23.6 Å². The average Bonchev–Trinajstić information content (AvgIpc) is 2.83. The molecule has 9 heteroatoms. The standard InChI is InChI=1S/C27H24ClN3O5/c1-27(2)15-17-7-9-20(36-3)13-21(17)24(30-27)14-25(32)16-5-4-6-18(11-16)29-26(33)22-12-19(31(34)35)8-10-23(22)28/h4-14,30H,15H2,1-3H3,(H,29,33). The number of nitro benzene ring substituents is 1. The van der Waals surface area contributed by atoms with Crippen LogP contribution in [-0.2, 0) is 6.42 Å². The number of ketones is 1. The van der Waals surface area contributed by atoms with E-state index in [1.807, 2.05) is 18.2 Å². The van der Waals surface area contributed by atoms with Gasteiger partial charge in [0, 0.05) is 46.3 Å². The minimum atomic E-state index is -0.622. The Balaban J connectivity index is 1.61. The highest BCUT2D eigenvalue weighted by atomic mass is 35.5. The molecule has 0 aliphatic carbocycles. The summed E-state index contributed by atoms with van der Waals surface area (Å²) in [6.45, 7) is 4.13. The normalized spacial score (nSPS) is 14.9. The maximum absolute atomic E-state index is 13.2. The number of hydrogen-bond acceptors (Lipinski definition) is 6. The van der Waals surface area contributed by atoms with Crippen molar-refractivity contribution in [1.82, 2.24) is 5.32 Å². The van der Waals surface area contributed by atoms with Gasteiger partial charge in [0.05, 0.1) is 22.6 Å². The summed E-state index contributed by atoms with van der Waals surface area (Å²) in [5, 5.41) is 17.2. The van der Waals surface area contributed by atoms with Gasteiger partial charge in [-0.15, -0.1) is 0 Å². The first-order valence-corrected chi connectivity index (χ1v) is 11.5. The van der Waals surface area contributed by atoms with Crippen LogP contribution >= 0.6 is 11.6 Å². The molecule has 0 aromatic heterocycles. The van der Waals surface area contributed by atoms with Crippen LogP contribution in [0.5, 0.6) is 5.75 Å². The van der Waals surface area contributed by atoms with E-state index in [4.69, 9.17) is 16.3 Å². The van der Waals surface area contributed by atoms with Gasteiger partial charge in [0.2, 0.25) is 0 Å². The van der Waals surface area contributed by atoms with E-state index in [1.54, 1.807) is 31.4 Å². The summed E-state index contributed by atoms with van der Waals surface area (Å²) in [6.07, 6.45) is 2.33. The summed E-state index contributed by atoms with van der Waals surface area (Å²) in [6, 6.07) is 15.9. The zero-order chi connectivity index (χ0) is 26.0. The average molecular weight is 506 g/mol. The van der Waals surface area contributed by atoms with E-state index in [2.05, 4.69) is 24.5 Å². The van der Waals surface area contributed by atoms with Crippen LogP contribution in [0.15, 0.2) is 66.7 Å². The van der Waals surface area contributed by atoms with Crippen LogP contribution in [0.2, 0.25) is 5.02 Å². The van der Waals surface area contributed by atoms with Crippen LogP contribution in [0.1, 0.15) is 45.7 Å². The van der Waals surface area contributed by atoms with Crippen molar-refractivity contribution in [3.8, 4) is 5.75 Å². The molecule has 3 aromatic carbocycles. The molecule has 3 aromatic rings. The number of halogens is 1. The quantitative estimate of drug-likeness (QED) is 0.194. The number of nitrogens with one attached hydrogen (secondary N) is 2. The Kier molecular flexibility index (Phi) is 6.81. The molecule has 0 saturated heterocycles. The fourth-order valence-corrected chi connectivity index (χ4v) is 4.32. The molecule has 0 atom stereocenters. The highest BCUT2D eigenvalue weighted by Crippen LogP contribution is 2.32. The summed E-state index contributed by atoms with van der Waals surface area (Å²) in [5.74, 6) is -0.185. The smallest absolute Gasteiger partial charge is 0.270 e. The van der Waals surface area contributed by atoms with Gasteiger partial charge >= 0.3 is 0 Å². The second-order valence-electron chi connectivity index (χ2n) is 9.09. The molecule has 2 N–H and O–H groups in total. The number of nitro groups is 1. The molecule has 1 heterocycles. The Morgan fingerprint density at radius 1 is 1.14 bits per heavy atom.